The Hall–Kier alpha value is -1.80. The highest BCUT2D eigenvalue weighted by atomic mass is 79.9. The summed E-state index contributed by atoms with van der Waals surface area (Å²) >= 11 is 6.76. The van der Waals surface area contributed by atoms with Crippen molar-refractivity contribution in [2.24, 2.45) is 0 Å². The zero-order valence-electron chi connectivity index (χ0n) is 11.8. The minimum absolute atomic E-state index is 0.0769. The molecule has 0 aliphatic rings. The molecule has 0 atom stereocenters. The average Bonchev–Trinajstić information content (AvgIpc) is 2.87. The zero-order chi connectivity index (χ0) is 15.9. The molecular formula is C14H11Br2N5O. The molecule has 0 unspecified atom stereocenters. The molecule has 2 aromatic heterocycles. The lowest BCUT2D eigenvalue weighted by molar-refractivity contribution is 0.101. The predicted molar refractivity (Wildman–Crippen MR) is 90.1 cm³/mol. The lowest BCUT2D eigenvalue weighted by Gasteiger charge is -2.05. The van der Waals surface area contributed by atoms with Crippen LogP contribution in [0.3, 0.4) is 0 Å². The summed E-state index contributed by atoms with van der Waals surface area (Å²) in [6, 6.07) is 7.39. The number of hydrogen-bond acceptors (Lipinski definition) is 4. The molecule has 3 rings (SSSR count). The molecule has 1 amide bonds. The molecule has 2 heterocycles. The zero-order valence-corrected chi connectivity index (χ0v) is 14.9. The number of anilines is 1. The first-order chi connectivity index (χ1) is 10.4. The summed E-state index contributed by atoms with van der Waals surface area (Å²) in [6.07, 6.45) is 0. The van der Waals surface area contributed by atoms with Gasteiger partial charge in [-0.1, -0.05) is 15.9 Å². The summed E-state index contributed by atoms with van der Waals surface area (Å²) in [7, 11) is 0. The molecule has 6 nitrogen and oxygen atoms in total. The van der Waals surface area contributed by atoms with Crippen molar-refractivity contribution in [3.05, 3.63) is 50.4 Å². The Labute approximate surface area is 143 Å². The van der Waals surface area contributed by atoms with E-state index in [2.05, 4.69) is 52.2 Å². The number of carbonyl (C=O) groups is 1. The number of rotatable bonds is 2. The van der Waals surface area contributed by atoms with Gasteiger partial charge in [0, 0.05) is 20.3 Å². The minimum atomic E-state index is -0.388. The van der Waals surface area contributed by atoms with Crippen LogP contribution in [0.5, 0.6) is 0 Å². The fourth-order valence-corrected chi connectivity index (χ4v) is 2.74. The molecule has 0 saturated heterocycles. The Bertz CT molecular complexity index is 890. The molecule has 0 spiro atoms. The third-order valence-corrected chi connectivity index (χ3v) is 4.18. The van der Waals surface area contributed by atoms with Gasteiger partial charge in [0.2, 0.25) is 5.82 Å². The van der Waals surface area contributed by atoms with E-state index in [1.165, 1.54) is 0 Å². The van der Waals surface area contributed by atoms with Crippen LogP contribution in [0.1, 0.15) is 22.0 Å². The molecule has 112 valence electrons. The first-order valence-corrected chi connectivity index (χ1v) is 8.00. The van der Waals surface area contributed by atoms with E-state index in [1.807, 2.05) is 32.0 Å². The largest absolute Gasteiger partial charge is 0.318 e. The van der Waals surface area contributed by atoms with Crippen LogP contribution in [0, 0.1) is 13.8 Å². The second-order valence-corrected chi connectivity index (χ2v) is 6.53. The van der Waals surface area contributed by atoms with Crippen LogP contribution in [0.4, 0.5) is 5.69 Å². The van der Waals surface area contributed by atoms with Gasteiger partial charge >= 0.3 is 0 Å². The molecule has 0 saturated carbocycles. The monoisotopic (exact) mass is 423 g/mol. The average molecular weight is 425 g/mol. The number of aromatic nitrogens is 4. The molecular weight excluding hydrogens is 414 g/mol. The van der Waals surface area contributed by atoms with Crippen molar-refractivity contribution in [1.29, 1.82) is 0 Å². The van der Waals surface area contributed by atoms with Gasteiger partial charge in [-0.15, -0.1) is 5.10 Å². The van der Waals surface area contributed by atoms with Crippen LogP contribution in [0.15, 0.2) is 33.2 Å². The third-order valence-electron chi connectivity index (χ3n) is 3.00. The molecule has 0 fully saturated rings. The number of carbonyl (C=O) groups excluding carboxylic acids is 1. The minimum Gasteiger partial charge on any atom is -0.318 e. The summed E-state index contributed by atoms with van der Waals surface area (Å²) in [5.41, 5.74) is 2.34. The van der Waals surface area contributed by atoms with Gasteiger partial charge in [0.25, 0.3) is 11.7 Å². The highest BCUT2D eigenvalue weighted by Crippen LogP contribution is 2.26. The van der Waals surface area contributed by atoms with Gasteiger partial charge in [-0.2, -0.15) is 4.98 Å². The predicted octanol–water partition coefficient (Wildman–Crippen LogP) is 3.52. The number of benzene rings is 1. The van der Waals surface area contributed by atoms with E-state index in [0.29, 0.717) is 11.5 Å². The summed E-state index contributed by atoms with van der Waals surface area (Å²) in [6.45, 7) is 3.77. The van der Waals surface area contributed by atoms with Gasteiger partial charge in [0.1, 0.15) is 0 Å². The van der Waals surface area contributed by atoms with Crippen molar-refractivity contribution in [2.75, 3.05) is 5.32 Å². The van der Waals surface area contributed by atoms with Gasteiger partial charge in [0.05, 0.1) is 5.69 Å². The number of amides is 1. The molecule has 0 bridgehead atoms. The van der Waals surface area contributed by atoms with Crippen LogP contribution in [0.25, 0.3) is 5.78 Å². The van der Waals surface area contributed by atoms with Crippen molar-refractivity contribution in [3.63, 3.8) is 0 Å². The van der Waals surface area contributed by atoms with E-state index < -0.39 is 0 Å². The Balaban J connectivity index is 1.95. The first kappa shape index (κ1) is 15.1. The third kappa shape index (κ3) is 2.89. The normalized spacial score (nSPS) is 10.9. The standard InChI is InChI=1S/C14H11Br2N5O/c1-7-5-8(2)21-14(17-7)19-12(20-21)13(22)18-11-6-9(15)3-4-10(11)16/h3-6H,1-2H3,(H,18,22). The van der Waals surface area contributed by atoms with E-state index in [9.17, 15) is 4.79 Å². The molecule has 22 heavy (non-hydrogen) atoms. The van der Waals surface area contributed by atoms with Crippen molar-refractivity contribution in [1.82, 2.24) is 19.6 Å². The van der Waals surface area contributed by atoms with E-state index in [0.717, 1.165) is 20.3 Å². The Morgan fingerprint density at radius 1 is 1.18 bits per heavy atom. The maximum absolute atomic E-state index is 12.3. The Morgan fingerprint density at radius 2 is 1.95 bits per heavy atom. The number of halogens is 2. The van der Waals surface area contributed by atoms with Crippen LogP contribution >= 0.6 is 31.9 Å². The number of hydrogen-bond donors (Lipinski definition) is 1. The van der Waals surface area contributed by atoms with Gasteiger partial charge < -0.3 is 5.32 Å². The number of fused-ring (bicyclic) bond motifs is 1. The molecule has 0 aliphatic carbocycles. The molecule has 1 N–H and O–H groups in total. The fraction of sp³-hybridized carbons (Fsp3) is 0.143. The van der Waals surface area contributed by atoms with Gasteiger partial charge in [-0.05, 0) is 54.0 Å². The van der Waals surface area contributed by atoms with Gasteiger partial charge in [-0.25, -0.2) is 9.50 Å². The van der Waals surface area contributed by atoms with Crippen molar-refractivity contribution in [3.8, 4) is 0 Å². The first-order valence-electron chi connectivity index (χ1n) is 6.41. The van der Waals surface area contributed by atoms with Gasteiger partial charge in [0.15, 0.2) is 0 Å². The molecule has 1 aromatic carbocycles. The highest BCUT2D eigenvalue weighted by Gasteiger charge is 2.16. The lowest BCUT2D eigenvalue weighted by atomic mass is 10.3. The van der Waals surface area contributed by atoms with E-state index in [1.54, 1.807) is 10.6 Å². The summed E-state index contributed by atoms with van der Waals surface area (Å²) in [5, 5.41) is 6.99. The maximum atomic E-state index is 12.3. The SMILES string of the molecule is Cc1cc(C)n2nc(C(=O)Nc3cc(Br)ccc3Br)nc2n1. The van der Waals surface area contributed by atoms with Crippen LogP contribution in [0.2, 0.25) is 0 Å². The van der Waals surface area contributed by atoms with E-state index in [-0.39, 0.29) is 11.7 Å². The maximum Gasteiger partial charge on any atom is 0.295 e. The number of nitrogens with zero attached hydrogens (tertiary/aromatic N) is 4. The highest BCUT2D eigenvalue weighted by molar-refractivity contribution is 9.11. The smallest absolute Gasteiger partial charge is 0.295 e. The lowest BCUT2D eigenvalue weighted by Crippen LogP contribution is -2.14. The summed E-state index contributed by atoms with van der Waals surface area (Å²) < 4.78 is 3.19. The van der Waals surface area contributed by atoms with Crippen molar-refractivity contribution < 1.29 is 4.79 Å². The molecule has 3 aromatic rings. The van der Waals surface area contributed by atoms with E-state index >= 15 is 0 Å². The molecule has 8 heteroatoms. The Kier molecular flexibility index (Phi) is 3.96. The topological polar surface area (TPSA) is 72.2 Å². The number of nitrogens with one attached hydrogen (secondary N) is 1. The Morgan fingerprint density at radius 3 is 2.73 bits per heavy atom. The second kappa shape index (κ2) is 5.77. The second-order valence-electron chi connectivity index (χ2n) is 4.76. The number of aryl methyl sites for hydroxylation is 2. The van der Waals surface area contributed by atoms with Crippen LogP contribution in [-0.2, 0) is 0 Å². The van der Waals surface area contributed by atoms with Crippen LogP contribution in [-0.4, -0.2) is 25.5 Å². The quantitative estimate of drug-likeness (QED) is 0.683. The van der Waals surface area contributed by atoms with Gasteiger partial charge in [-0.3, -0.25) is 4.79 Å². The molecule has 0 radical (unpaired) electrons. The fourth-order valence-electron chi connectivity index (χ4n) is 2.03. The van der Waals surface area contributed by atoms with Crippen LogP contribution < -0.4 is 5.32 Å². The molecule has 0 aliphatic heterocycles. The van der Waals surface area contributed by atoms with E-state index in [4.69, 9.17) is 0 Å². The summed E-state index contributed by atoms with van der Waals surface area (Å²) in [4.78, 5) is 20.8. The van der Waals surface area contributed by atoms with Crippen molar-refractivity contribution in [2.45, 2.75) is 13.8 Å². The summed E-state index contributed by atoms with van der Waals surface area (Å²) in [5.74, 6) is 0.102. The van der Waals surface area contributed by atoms with Crippen molar-refractivity contribution >= 4 is 49.2 Å².